The van der Waals surface area contributed by atoms with Gasteiger partial charge in [0.1, 0.15) is 18.1 Å². The maximum absolute atomic E-state index is 9.26. The van der Waals surface area contributed by atoms with E-state index in [1.807, 2.05) is 48.5 Å². The summed E-state index contributed by atoms with van der Waals surface area (Å²) in [6.45, 7) is 0.940. The summed E-state index contributed by atoms with van der Waals surface area (Å²) in [5, 5.41) is 12.5. The first kappa shape index (κ1) is 16.8. The Hall–Kier alpha value is -3.05. The van der Waals surface area contributed by atoms with Crippen molar-refractivity contribution in [1.82, 2.24) is 4.98 Å². The van der Waals surface area contributed by atoms with Gasteiger partial charge in [0.15, 0.2) is 0 Å². The van der Waals surface area contributed by atoms with Gasteiger partial charge in [0.2, 0.25) is 0 Å². The predicted octanol–water partition coefficient (Wildman–Crippen LogP) is 3.35. The van der Waals surface area contributed by atoms with Crippen molar-refractivity contribution in [1.29, 1.82) is 0 Å². The normalized spacial score (nSPS) is 10.4. The number of nitrogens with one attached hydrogen (secondary N) is 1. The SMILES string of the molecule is Nc1ccc(CO)cc1NCc1ncccc1OCc1ccccc1. The van der Waals surface area contributed by atoms with Crippen LogP contribution in [-0.4, -0.2) is 10.1 Å². The largest absolute Gasteiger partial charge is 0.487 e. The molecule has 0 saturated carbocycles. The van der Waals surface area contributed by atoms with Gasteiger partial charge < -0.3 is 20.9 Å². The average molecular weight is 335 g/mol. The van der Waals surface area contributed by atoms with Crippen molar-refractivity contribution < 1.29 is 9.84 Å². The molecule has 0 aliphatic carbocycles. The van der Waals surface area contributed by atoms with Crippen LogP contribution in [-0.2, 0) is 19.8 Å². The molecule has 0 fully saturated rings. The number of hydrogen-bond donors (Lipinski definition) is 3. The second-order valence-electron chi connectivity index (χ2n) is 5.66. The number of aliphatic hydroxyl groups is 1. The van der Waals surface area contributed by atoms with Gasteiger partial charge in [0.25, 0.3) is 0 Å². The number of nitrogen functional groups attached to an aromatic ring is 1. The number of benzene rings is 2. The number of nitrogens with zero attached hydrogens (tertiary/aromatic N) is 1. The smallest absolute Gasteiger partial charge is 0.143 e. The van der Waals surface area contributed by atoms with Crippen LogP contribution in [0.3, 0.4) is 0 Å². The summed E-state index contributed by atoms with van der Waals surface area (Å²) in [4.78, 5) is 4.40. The van der Waals surface area contributed by atoms with Gasteiger partial charge in [-0.25, -0.2) is 0 Å². The molecule has 0 spiro atoms. The highest BCUT2D eigenvalue weighted by Crippen LogP contribution is 2.23. The molecular formula is C20H21N3O2. The van der Waals surface area contributed by atoms with Gasteiger partial charge in [0.05, 0.1) is 24.5 Å². The van der Waals surface area contributed by atoms with E-state index in [9.17, 15) is 5.11 Å². The standard InChI is InChI=1S/C20H21N3O2/c21-17-9-8-16(13-24)11-18(17)23-12-19-20(7-4-10-22-19)25-14-15-5-2-1-3-6-15/h1-11,23-24H,12-14,21H2. The Morgan fingerprint density at radius 3 is 2.64 bits per heavy atom. The fraction of sp³-hybridized carbons (Fsp3) is 0.150. The zero-order valence-electron chi connectivity index (χ0n) is 13.9. The Morgan fingerprint density at radius 2 is 1.84 bits per heavy atom. The molecule has 128 valence electrons. The molecule has 3 aromatic rings. The molecule has 3 rings (SSSR count). The van der Waals surface area contributed by atoms with Crippen LogP contribution in [0.15, 0.2) is 66.9 Å². The van der Waals surface area contributed by atoms with Crippen molar-refractivity contribution in [2.75, 3.05) is 11.1 Å². The molecule has 0 aliphatic rings. The van der Waals surface area contributed by atoms with Crippen LogP contribution >= 0.6 is 0 Å². The Bertz CT molecular complexity index is 822. The first-order chi connectivity index (χ1) is 12.3. The second-order valence-corrected chi connectivity index (χ2v) is 5.66. The molecule has 1 aromatic heterocycles. The number of rotatable bonds is 7. The number of nitrogens with two attached hydrogens (primary N) is 1. The summed E-state index contributed by atoms with van der Waals surface area (Å²) in [6, 6.07) is 19.2. The number of pyridine rings is 1. The fourth-order valence-corrected chi connectivity index (χ4v) is 2.46. The van der Waals surface area contributed by atoms with Crippen molar-refractivity contribution >= 4 is 11.4 Å². The zero-order chi connectivity index (χ0) is 17.5. The van der Waals surface area contributed by atoms with E-state index in [1.165, 1.54) is 0 Å². The lowest BCUT2D eigenvalue weighted by molar-refractivity contribution is 0.282. The Morgan fingerprint density at radius 1 is 1.00 bits per heavy atom. The summed E-state index contributed by atoms with van der Waals surface area (Å²) in [5.41, 5.74) is 10.1. The number of aliphatic hydroxyl groups excluding tert-OH is 1. The molecule has 25 heavy (non-hydrogen) atoms. The third kappa shape index (κ3) is 4.49. The van der Waals surface area contributed by atoms with Crippen LogP contribution in [0.5, 0.6) is 5.75 Å². The van der Waals surface area contributed by atoms with Gasteiger partial charge in [-0.05, 0) is 35.4 Å². The molecule has 0 radical (unpaired) electrons. The quantitative estimate of drug-likeness (QED) is 0.577. The lowest BCUT2D eigenvalue weighted by Gasteiger charge is -2.13. The Balaban J connectivity index is 1.69. The number of hydrogen-bond acceptors (Lipinski definition) is 5. The van der Waals surface area contributed by atoms with E-state index in [1.54, 1.807) is 18.3 Å². The van der Waals surface area contributed by atoms with Crippen LogP contribution in [0.4, 0.5) is 11.4 Å². The topological polar surface area (TPSA) is 80.4 Å². The molecule has 2 aromatic carbocycles. The van der Waals surface area contributed by atoms with E-state index < -0.39 is 0 Å². The molecule has 0 amide bonds. The van der Waals surface area contributed by atoms with Gasteiger partial charge in [-0.15, -0.1) is 0 Å². The molecule has 0 unspecified atom stereocenters. The van der Waals surface area contributed by atoms with E-state index >= 15 is 0 Å². The van der Waals surface area contributed by atoms with Gasteiger partial charge in [-0.2, -0.15) is 0 Å². The van der Waals surface area contributed by atoms with Gasteiger partial charge >= 0.3 is 0 Å². The predicted molar refractivity (Wildman–Crippen MR) is 99.1 cm³/mol. The van der Waals surface area contributed by atoms with Crippen molar-refractivity contribution in [3.05, 3.63) is 83.7 Å². The monoisotopic (exact) mass is 335 g/mol. The maximum atomic E-state index is 9.26. The van der Waals surface area contributed by atoms with Crippen LogP contribution in [0.2, 0.25) is 0 Å². The second kappa shape index (κ2) is 8.17. The van der Waals surface area contributed by atoms with E-state index in [0.717, 1.165) is 28.3 Å². The summed E-state index contributed by atoms with van der Waals surface area (Å²) in [6.07, 6.45) is 1.74. The lowest BCUT2D eigenvalue weighted by atomic mass is 10.2. The molecule has 1 heterocycles. The Kier molecular flexibility index (Phi) is 5.49. The highest BCUT2D eigenvalue weighted by atomic mass is 16.5. The number of anilines is 2. The molecular weight excluding hydrogens is 314 g/mol. The summed E-state index contributed by atoms with van der Waals surface area (Å²) >= 11 is 0. The van der Waals surface area contributed by atoms with Crippen LogP contribution in [0.1, 0.15) is 16.8 Å². The van der Waals surface area contributed by atoms with Gasteiger partial charge in [-0.1, -0.05) is 36.4 Å². The van der Waals surface area contributed by atoms with Gasteiger partial charge in [0, 0.05) is 6.20 Å². The highest BCUT2D eigenvalue weighted by Gasteiger charge is 2.07. The van der Waals surface area contributed by atoms with E-state index in [0.29, 0.717) is 18.8 Å². The lowest BCUT2D eigenvalue weighted by Crippen LogP contribution is -2.07. The molecule has 5 heteroatoms. The molecule has 0 bridgehead atoms. The van der Waals surface area contributed by atoms with Crippen molar-refractivity contribution in [2.45, 2.75) is 19.8 Å². The minimum atomic E-state index is -0.0238. The van der Waals surface area contributed by atoms with E-state index in [-0.39, 0.29) is 6.61 Å². The molecule has 5 nitrogen and oxygen atoms in total. The summed E-state index contributed by atoms with van der Waals surface area (Å²) in [7, 11) is 0. The van der Waals surface area contributed by atoms with Crippen molar-refractivity contribution in [3.63, 3.8) is 0 Å². The third-order valence-electron chi connectivity index (χ3n) is 3.83. The van der Waals surface area contributed by atoms with E-state index in [2.05, 4.69) is 10.3 Å². The molecule has 0 aliphatic heterocycles. The minimum absolute atomic E-state index is 0.0238. The number of ether oxygens (including phenoxy) is 1. The highest BCUT2D eigenvalue weighted by molar-refractivity contribution is 5.67. The minimum Gasteiger partial charge on any atom is -0.487 e. The van der Waals surface area contributed by atoms with Gasteiger partial charge in [-0.3, -0.25) is 4.98 Å². The zero-order valence-corrected chi connectivity index (χ0v) is 13.9. The number of aromatic nitrogens is 1. The van der Waals surface area contributed by atoms with Crippen molar-refractivity contribution in [3.8, 4) is 5.75 Å². The fourth-order valence-electron chi connectivity index (χ4n) is 2.46. The first-order valence-corrected chi connectivity index (χ1v) is 8.10. The van der Waals surface area contributed by atoms with E-state index in [4.69, 9.17) is 10.5 Å². The molecule has 0 saturated heterocycles. The maximum Gasteiger partial charge on any atom is 0.143 e. The Labute approximate surface area is 147 Å². The molecule has 4 N–H and O–H groups in total. The van der Waals surface area contributed by atoms with Crippen molar-refractivity contribution in [2.24, 2.45) is 0 Å². The summed E-state index contributed by atoms with van der Waals surface area (Å²) in [5.74, 6) is 0.732. The van der Waals surface area contributed by atoms with Crippen LogP contribution in [0, 0.1) is 0 Å². The van der Waals surface area contributed by atoms with Crippen LogP contribution < -0.4 is 15.8 Å². The first-order valence-electron chi connectivity index (χ1n) is 8.10. The third-order valence-corrected chi connectivity index (χ3v) is 3.83. The van der Waals surface area contributed by atoms with Crippen LogP contribution in [0.25, 0.3) is 0 Å². The molecule has 0 atom stereocenters. The summed E-state index contributed by atoms with van der Waals surface area (Å²) < 4.78 is 5.91. The average Bonchev–Trinajstić information content (AvgIpc) is 2.67.